The highest BCUT2D eigenvalue weighted by Gasteiger charge is 2.48. The Morgan fingerprint density at radius 1 is 1.58 bits per heavy atom. The monoisotopic (exact) mass is 255 g/mol. The second-order valence-corrected chi connectivity index (χ2v) is 4.54. The summed E-state index contributed by atoms with van der Waals surface area (Å²) >= 11 is 0. The fourth-order valence-corrected chi connectivity index (χ4v) is 2.19. The minimum absolute atomic E-state index is 0.0414. The van der Waals surface area contributed by atoms with Gasteiger partial charge in [0.25, 0.3) is 0 Å². The van der Waals surface area contributed by atoms with Crippen molar-refractivity contribution < 1.29 is 4.79 Å². The fourth-order valence-electron chi connectivity index (χ4n) is 2.19. The molecule has 0 aromatic carbocycles. The van der Waals surface area contributed by atoms with Gasteiger partial charge in [-0.15, -0.1) is 5.92 Å². The number of amides is 1. The van der Waals surface area contributed by atoms with Crippen LogP contribution in [0.1, 0.15) is 39.5 Å². The quantitative estimate of drug-likeness (QED) is 0.470. The van der Waals surface area contributed by atoms with Gasteiger partial charge in [-0.2, -0.15) is 0 Å². The zero-order valence-electron chi connectivity index (χ0n) is 11.3. The van der Waals surface area contributed by atoms with Crippen molar-refractivity contribution in [3.8, 4) is 11.8 Å². The molecule has 0 saturated carbocycles. The summed E-state index contributed by atoms with van der Waals surface area (Å²) in [6, 6.07) is 0.118. The molecular formula is C15H17N3O. The van der Waals surface area contributed by atoms with Crippen LogP contribution in [0.2, 0.25) is 0 Å². The van der Waals surface area contributed by atoms with E-state index in [-0.39, 0.29) is 18.4 Å². The third-order valence-electron chi connectivity index (χ3n) is 3.21. The molecule has 4 heteroatoms. The second-order valence-electron chi connectivity index (χ2n) is 4.54. The van der Waals surface area contributed by atoms with Gasteiger partial charge in [0.2, 0.25) is 5.91 Å². The molecule has 1 aliphatic carbocycles. The summed E-state index contributed by atoms with van der Waals surface area (Å²) in [6.07, 6.45) is 4.31. The molecule has 0 spiro atoms. The van der Waals surface area contributed by atoms with Crippen LogP contribution in [0.15, 0.2) is 11.6 Å². The maximum atomic E-state index is 11.0. The molecule has 0 bridgehead atoms. The molecule has 0 heterocycles. The standard InChI is InChI=1S/C15H17N3O/c1-5-6-11-15(16-3,17-4)13-7-9-14(10-8-13)18-12(2)19/h7,14H,8-11H2,1-2H3,(H,18,19). The number of carbonyl (C=O) groups excluding carboxylic acids is 1. The highest BCUT2D eigenvalue weighted by atomic mass is 16.1. The Bertz CT molecular complexity index is 508. The van der Waals surface area contributed by atoms with E-state index in [0.717, 1.165) is 12.0 Å². The Balaban J connectivity index is 2.87. The molecule has 1 amide bonds. The predicted octanol–water partition coefficient (Wildman–Crippen LogP) is 2.55. The normalized spacial score (nSPS) is 18.1. The van der Waals surface area contributed by atoms with Crippen LogP contribution in [0.3, 0.4) is 0 Å². The van der Waals surface area contributed by atoms with Crippen LogP contribution in [0, 0.1) is 25.0 Å². The van der Waals surface area contributed by atoms with Crippen molar-refractivity contribution in [3.63, 3.8) is 0 Å². The minimum atomic E-state index is -1.16. The summed E-state index contributed by atoms with van der Waals surface area (Å²) < 4.78 is 0. The number of hydrogen-bond acceptors (Lipinski definition) is 1. The van der Waals surface area contributed by atoms with Crippen molar-refractivity contribution in [2.24, 2.45) is 0 Å². The van der Waals surface area contributed by atoms with Gasteiger partial charge in [0.15, 0.2) is 6.42 Å². The molecule has 0 aliphatic heterocycles. The maximum Gasteiger partial charge on any atom is 0.516 e. The molecule has 0 aromatic heterocycles. The van der Waals surface area contributed by atoms with Gasteiger partial charge in [0, 0.05) is 13.0 Å². The summed E-state index contributed by atoms with van der Waals surface area (Å²) in [4.78, 5) is 18.0. The van der Waals surface area contributed by atoms with E-state index in [2.05, 4.69) is 26.8 Å². The largest absolute Gasteiger partial charge is 0.516 e. The Morgan fingerprint density at radius 3 is 2.68 bits per heavy atom. The van der Waals surface area contributed by atoms with Gasteiger partial charge in [-0.3, -0.25) is 4.79 Å². The van der Waals surface area contributed by atoms with E-state index >= 15 is 0 Å². The number of nitrogens with one attached hydrogen (secondary N) is 1. The lowest BCUT2D eigenvalue weighted by molar-refractivity contribution is -0.119. The van der Waals surface area contributed by atoms with E-state index in [9.17, 15) is 4.79 Å². The molecule has 0 fully saturated rings. The zero-order valence-corrected chi connectivity index (χ0v) is 11.3. The van der Waals surface area contributed by atoms with Crippen molar-refractivity contribution in [2.45, 2.75) is 51.2 Å². The highest BCUT2D eigenvalue weighted by Crippen LogP contribution is 2.34. The highest BCUT2D eigenvalue weighted by molar-refractivity contribution is 5.73. The summed E-state index contributed by atoms with van der Waals surface area (Å²) in [5.41, 5.74) is -0.314. The lowest BCUT2D eigenvalue weighted by Gasteiger charge is -2.23. The summed E-state index contributed by atoms with van der Waals surface area (Å²) in [5, 5.41) is 2.87. The van der Waals surface area contributed by atoms with Crippen molar-refractivity contribution in [3.05, 3.63) is 34.5 Å². The third-order valence-corrected chi connectivity index (χ3v) is 3.21. The Kier molecular flexibility index (Phi) is 5.16. The van der Waals surface area contributed by atoms with Crippen molar-refractivity contribution in [1.82, 2.24) is 5.32 Å². The van der Waals surface area contributed by atoms with Crippen LogP contribution < -0.4 is 5.32 Å². The predicted molar refractivity (Wildman–Crippen MR) is 73.5 cm³/mol. The first kappa shape index (κ1) is 14.8. The molecule has 1 aliphatic rings. The van der Waals surface area contributed by atoms with Gasteiger partial charge in [-0.1, -0.05) is 12.0 Å². The molecule has 98 valence electrons. The molecular weight excluding hydrogens is 238 g/mol. The molecule has 1 unspecified atom stereocenters. The average molecular weight is 255 g/mol. The van der Waals surface area contributed by atoms with E-state index < -0.39 is 5.66 Å². The van der Waals surface area contributed by atoms with Gasteiger partial charge in [0.1, 0.15) is 0 Å². The second kappa shape index (κ2) is 6.62. The van der Waals surface area contributed by atoms with E-state index in [0.29, 0.717) is 12.8 Å². The Labute approximate surface area is 114 Å². The minimum Gasteiger partial charge on any atom is -0.353 e. The van der Waals surface area contributed by atoms with E-state index in [1.54, 1.807) is 6.92 Å². The van der Waals surface area contributed by atoms with Crippen LogP contribution >= 0.6 is 0 Å². The van der Waals surface area contributed by atoms with Crippen molar-refractivity contribution in [2.75, 3.05) is 0 Å². The fraction of sp³-hybridized carbons (Fsp3) is 0.533. The first-order valence-electron chi connectivity index (χ1n) is 6.21. The molecule has 0 saturated heterocycles. The molecule has 4 nitrogen and oxygen atoms in total. The average Bonchev–Trinajstić information content (AvgIpc) is 2.41. The number of hydrogen-bond donors (Lipinski definition) is 1. The van der Waals surface area contributed by atoms with Gasteiger partial charge in [-0.05, 0) is 26.2 Å². The molecule has 0 radical (unpaired) electrons. The topological polar surface area (TPSA) is 37.8 Å². The van der Waals surface area contributed by atoms with E-state index in [4.69, 9.17) is 13.1 Å². The maximum absolute atomic E-state index is 11.0. The summed E-state index contributed by atoms with van der Waals surface area (Å²) in [5.74, 6) is 5.55. The SMILES string of the molecule is [C-]#[N+]C(CC#CC)([N+]#[C-])C1=CCC(NC(C)=O)CC1. The molecule has 0 aromatic rings. The van der Waals surface area contributed by atoms with Crippen LogP contribution in [0.25, 0.3) is 9.69 Å². The summed E-state index contributed by atoms with van der Waals surface area (Å²) in [7, 11) is 0. The smallest absolute Gasteiger partial charge is 0.353 e. The Morgan fingerprint density at radius 2 is 2.26 bits per heavy atom. The number of rotatable bonds is 3. The van der Waals surface area contributed by atoms with Crippen LogP contribution in [-0.2, 0) is 4.79 Å². The van der Waals surface area contributed by atoms with Gasteiger partial charge < -0.3 is 5.32 Å². The molecule has 19 heavy (non-hydrogen) atoms. The van der Waals surface area contributed by atoms with E-state index in [1.807, 2.05) is 6.08 Å². The first-order valence-corrected chi connectivity index (χ1v) is 6.21. The number of nitrogens with zero attached hydrogens (tertiary/aromatic N) is 2. The zero-order chi connectivity index (χ0) is 14.3. The van der Waals surface area contributed by atoms with Crippen molar-refractivity contribution in [1.29, 1.82) is 0 Å². The van der Waals surface area contributed by atoms with Crippen LogP contribution in [-0.4, -0.2) is 17.6 Å². The lowest BCUT2D eigenvalue weighted by Crippen LogP contribution is -2.36. The number of carbonyl (C=O) groups is 1. The Hall–Kier alpha value is -2.25. The van der Waals surface area contributed by atoms with Gasteiger partial charge in [0.05, 0.1) is 5.57 Å². The van der Waals surface area contributed by atoms with Crippen LogP contribution in [0.4, 0.5) is 0 Å². The lowest BCUT2D eigenvalue weighted by atomic mass is 9.86. The first-order chi connectivity index (χ1) is 9.07. The van der Waals surface area contributed by atoms with E-state index in [1.165, 1.54) is 6.92 Å². The molecule has 1 rings (SSSR count). The van der Waals surface area contributed by atoms with Crippen molar-refractivity contribution >= 4 is 5.91 Å². The molecule has 1 atom stereocenters. The van der Waals surface area contributed by atoms with Crippen LogP contribution in [0.5, 0.6) is 0 Å². The summed E-state index contributed by atoms with van der Waals surface area (Å²) in [6.45, 7) is 17.8. The third kappa shape index (κ3) is 3.60. The van der Waals surface area contributed by atoms with Gasteiger partial charge in [-0.25, -0.2) is 22.8 Å². The molecule has 1 N–H and O–H groups in total. The van der Waals surface area contributed by atoms with Gasteiger partial charge >= 0.3 is 5.66 Å².